The number of aliphatic hydroxyl groups is 1. The molecule has 0 aliphatic carbocycles. The van der Waals surface area contributed by atoms with Gasteiger partial charge in [0.2, 0.25) is 0 Å². The molecule has 5 heteroatoms. The van der Waals surface area contributed by atoms with Gasteiger partial charge in [0.25, 0.3) is 0 Å². The minimum atomic E-state index is -0.470. The zero-order valence-corrected chi connectivity index (χ0v) is 12.0. The van der Waals surface area contributed by atoms with Crippen molar-refractivity contribution in [3.05, 3.63) is 29.8 Å². The molecule has 0 unspecified atom stereocenters. The molecule has 0 bridgehead atoms. The largest absolute Gasteiger partial charge is 0.496 e. The van der Waals surface area contributed by atoms with E-state index in [9.17, 15) is 5.11 Å². The Hall–Kier alpha value is -1.14. The first-order chi connectivity index (χ1) is 9.79. The van der Waals surface area contributed by atoms with Gasteiger partial charge in [0.05, 0.1) is 39.6 Å². The number of ether oxygens (including phenoxy) is 3. The number of methoxy groups -OCH3 is 1. The number of hydrogen-bond donors (Lipinski definition) is 1. The first kappa shape index (κ1) is 15.3. The van der Waals surface area contributed by atoms with Gasteiger partial charge in [0, 0.05) is 25.2 Å². The fourth-order valence-corrected chi connectivity index (χ4v) is 2.26. The maximum atomic E-state index is 9.97. The van der Waals surface area contributed by atoms with Crippen LogP contribution in [0.2, 0.25) is 0 Å². The van der Waals surface area contributed by atoms with E-state index in [1.807, 2.05) is 24.3 Å². The minimum absolute atomic E-state index is 0.329. The van der Waals surface area contributed by atoms with E-state index in [2.05, 4.69) is 4.90 Å². The summed E-state index contributed by atoms with van der Waals surface area (Å²) in [5.74, 6) is 0.815. The third-order valence-electron chi connectivity index (χ3n) is 3.33. The van der Waals surface area contributed by atoms with Crippen molar-refractivity contribution in [3.63, 3.8) is 0 Å². The van der Waals surface area contributed by atoms with E-state index in [4.69, 9.17) is 14.2 Å². The molecule has 0 radical (unpaired) electrons. The summed E-state index contributed by atoms with van der Waals surface area (Å²) in [5, 5.41) is 9.97. The lowest BCUT2D eigenvalue weighted by atomic mass is 10.2. The molecule has 20 heavy (non-hydrogen) atoms. The lowest BCUT2D eigenvalue weighted by Gasteiger charge is -2.28. The Morgan fingerprint density at radius 2 is 2.05 bits per heavy atom. The standard InChI is InChI=1S/C15H23NO4/c1-18-15-5-3-2-4-13(15)11-20-12-14(17)10-16-6-8-19-9-7-16/h2-5,14,17H,6-12H2,1H3/t14-/m0/s1. The molecule has 5 nitrogen and oxygen atoms in total. The second-order valence-electron chi connectivity index (χ2n) is 4.89. The van der Waals surface area contributed by atoms with Crippen LogP contribution in [0.25, 0.3) is 0 Å². The summed E-state index contributed by atoms with van der Waals surface area (Å²) < 4.78 is 16.1. The van der Waals surface area contributed by atoms with Crippen LogP contribution in [0.15, 0.2) is 24.3 Å². The predicted octanol–water partition coefficient (Wildman–Crippen LogP) is 0.905. The van der Waals surface area contributed by atoms with Gasteiger partial charge in [-0.2, -0.15) is 0 Å². The van der Waals surface area contributed by atoms with Gasteiger partial charge < -0.3 is 19.3 Å². The van der Waals surface area contributed by atoms with Gasteiger partial charge in [-0.25, -0.2) is 0 Å². The monoisotopic (exact) mass is 281 g/mol. The second-order valence-corrected chi connectivity index (χ2v) is 4.89. The molecule has 0 amide bonds. The quantitative estimate of drug-likeness (QED) is 0.805. The molecule has 1 atom stereocenters. The zero-order chi connectivity index (χ0) is 14.2. The van der Waals surface area contributed by atoms with Crippen molar-refractivity contribution in [1.82, 2.24) is 4.90 Å². The van der Waals surface area contributed by atoms with Gasteiger partial charge >= 0.3 is 0 Å². The van der Waals surface area contributed by atoms with Crippen molar-refractivity contribution >= 4 is 0 Å². The van der Waals surface area contributed by atoms with Crippen LogP contribution in [-0.4, -0.2) is 62.7 Å². The van der Waals surface area contributed by atoms with E-state index in [0.717, 1.165) is 37.6 Å². The van der Waals surface area contributed by atoms with Gasteiger partial charge in [0.15, 0.2) is 0 Å². The first-order valence-electron chi connectivity index (χ1n) is 6.97. The number of aliphatic hydroxyl groups excluding tert-OH is 1. The van der Waals surface area contributed by atoms with Crippen LogP contribution in [0.4, 0.5) is 0 Å². The number of nitrogens with zero attached hydrogens (tertiary/aromatic N) is 1. The molecule has 0 saturated carbocycles. The molecule has 1 heterocycles. The van der Waals surface area contributed by atoms with Crippen LogP contribution >= 0.6 is 0 Å². The fraction of sp³-hybridized carbons (Fsp3) is 0.600. The molecule has 2 rings (SSSR count). The molecule has 1 aromatic carbocycles. The van der Waals surface area contributed by atoms with Crippen LogP contribution in [0.1, 0.15) is 5.56 Å². The average Bonchev–Trinajstić information content (AvgIpc) is 2.49. The van der Waals surface area contributed by atoms with E-state index < -0.39 is 6.10 Å². The fourth-order valence-electron chi connectivity index (χ4n) is 2.26. The number of rotatable bonds is 7. The van der Waals surface area contributed by atoms with E-state index >= 15 is 0 Å². The third-order valence-corrected chi connectivity index (χ3v) is 3.33. The molecule has 1 N–H and O–H groups in total. The lowest BCUT2D eigenvalue weighted by Crippen LogP contribution is -2.42. The van der Waals surface area contributed by atoms with Gasteiger partial charge in [-0.1, -0.05) is 18.2 Å². The molecule has 1 aromatic rings. The second kappa shape index (κ2) is 8.21. The van der Waals surface area contributed by atoms with Gasteiger partial charge in [0.1, 0.15) is 5.75 Å². The highest BCUT2D eigenvalue weighted by molar-refractivity contribution is 5.32. The summed E-state index contributed by atoms with van der Waals surface area (Å²) >= 11 is 0. The van der Waals surface area contributed by atoms with Crippen molar-refractivity contribution in [2.24, 2.45) is 0 Å². The third kappa shape index (κ3) is 4.76. The Kier molecular flexibility index (Phi) is 6.26. The summed E-state index contributed by atoms with van der Waals surface area (Å²) in [5.41, 5.74) is 0.994. The topological polar surface area (TPSA) is 51.2 Å². The number of hydrogen-bond acceptors (Lipinski definition) is 5. The van der Waals surface area contributed by atoms with Crippen molar-refractivity contribution in [1.29, 1.82) is 0 Å². The highest BCUT2D eigenvalue weighted by atomic mass is 16.5. The van der Waals surface area contributed by atoms with E-state index in [-0.39, 0.29) is 0 Å². The Morgan fingerprint density at radius 3 is 2.80 bits per heavy atom. The highest BCUT2D eigenvalue weighted by Gasteiger charge is 2.15. The summed E-state index contributed by atoms with van der Waals surface area (Å²) in [7, 11) is 1.64. The van der Waals surface area contributed by atoms with Crippen LogP contribution in [0.5, 0.6) is 5.75 Å². The Balaban J connectivity index is 1.69. The minimum Gasteiger partial charge on any atom is -0.496 e. The van der Waals surface area contributed by atoms with Crippen molar-refractivity contribution in [2.75, 3.05) is 46.6 Å². The van der Waals surface area contributed by atoms with E-state index in [1.54, 1.807) is 7.11 Å². The van der Waals surface area contributed by atoms with Crippen molar-refractivity contribution < 1.29 is 19.3 Å². The van der Waals surface area contributed by atoms with Crippen LogP contribution in [-0.2, 0) is 16.1 Å². The predicted molar refractivity (Wildman–Crippen MR) is 75.9 cm³/mol. The summed E-state index contributed by atoms with van der Waals surface area (Å²) in [6.45, 7) is 4.66. The summed E-state index contributed by atoms with van der Waals surface area (Å²) in [6.07, 6.45) is -0.470. The molecule has 112 valence electrons. The van der Waals surface area contributed by atoms with Crippen LogP contribution in [0, 0.1) is 0 Å². The average molecular weight is 281 g/mol. The number of para-hydroxylation sites is 1. The maximum Gasteiger partial charge on any atom is 0.124 e. The van der Waals surface area contributed by atoms with Crippen molar-refractivity contribution in [3.8, 4) is 5.75 Å². The van der Waals surface area contributed by atoms with Crippen LogP contribution in [0.3, 0.4) is 0 Å². The molecule has 1 saturated heterocycles. The smallest absolute Gasteiger partial charge is 0.124 e. The molecule has 0 aromatic heterocycles. The number of β-amino-alcohol motifs (C(OH)–C–C–N with tert-alkyl or cyclic N) is 1. The van der Waals surface area contributed by atoms with E-state index in [0.29, 0.717) is 19.8 Å². The molecule has 0 spiro atoms. The van der Waals surface area contributed by atoms with Crippen LogP contribution < -0.4 is 4.74 Å². The Morgan fingerprint density at radius 1 is 1.30 bits per heavy atom. The lowest BCUT2D eigenvalue weighted by molar-refractivity contribution is -0.0177. The zero-order valence-electron chi connectivity index (χ0n) is 12.0. The maximum absolute atomic E-state index is 9.97. The highest BCUT2D eigenvalue weighted by Crippen LogP contribution is 2.18. The molecular weight excluding hydrogens is 258 g/mol. The molecule has 1 fully saturated rings. The Bertz CT molecular complexity index is 393. The molecule has 1 aliphatic rings. The normalized spacial score (nSPS) is 17.9. The van der Waals surface area contributed by atoms with E-state index in [1.165, 1.54) is 0 Å². The Labute approximate surface area is 120 Å². The molecule has 1 aliphatic heterocycles. The SMILES string of the molecule is COc1ccccc1COC[C@@H](O)CN1CCOCC1. The summed E-state index contributed by atoms with van der Waals surface area (Å²) in [4.78, 5) is 2.20. The first-order valence-corrected chi connectivity index (χ1v) is 6.97. The number of benzene rings is 1. The van der Waals surface area contributed by atoms with Gasteiger partial charge in [-0.15, -0.1) is 0 Å². The van der Waals surface area contributed by atoms with Gasteiger partial charge in [-0.3, -0.25) is 4.90 Å². The van der Waals surface area contributed by atoms with Gasteiger partial charge in [-0.05, 0) is 6.07 Å². The number of morpholine rings is 1. The molecular formula is C15H23NO4. The van der Waals surface area contributed by atoms with Crippen molar-refractivity contribution in [2.45, 2.75) is 12.7 Å². The summed E-state index contributed by atoms with van der Waals surface area (Å²) in [6, 6.07) is 7.75.